The lowest BCUT2D eigenvalue weighted by Crippen LogP contribution is -2.17. The molecule has 0 bridgehead atoms. The van der Waals surface area contributed by atoms with Crippen molar-refractivity contribution in [3.63, 3.8) is 0 Å². The van der Waals surface area contributed by atoms with Gasteiger partial charge in [-0.3, -0.25) is 4.79 Å². The summed E-state index contributed by atoms with van der Waals surface area (Å²) in [5, 5.41) is -0.681. The molecule has 0 unspecified atom stereocenters. The topological polar surface area (TPSA) is 20.3 Å². The maximum Gasteiger partial charge on any atom is 0.418 e. The smallest absolute Gasteiger partial charge is 0.378 e. The third-order valence-electron chi connectivity index (χ3n) is 3.15. The number of rotatable bonds is 6. The summed E-state index contributed by atoms with van der Waals surface area (Å²) in [4.78, 5) is 13.9. The largest absolute Gasteiger partial charge is 0.418 e. The van der Waals surface area contributed by atoms with Crippen molar-refractivity contribution in [2.24, 2.45) is 0 Å². The minimum Gasteiger partial charge on any atom is -0.378 e. The zero-order chi connectivity index (χ0) is 16.9. The summed E-state index contributed by atoms with van der Waals surface area (Å²) < 4.78 is 39.7. The van der Waals surface area contributed by atoms with Crippen LogP contribution in [0.15, 0.2) is 18.3 Å². The normalized spacial score (nSPS) is 12.0. The summed E-state index contributed by atoms with van der Waals surface area (Å²) in [5.41, 5.74) is -1.28. The number of benzene rings is 1. The second kappa shape index (κ2) is 8.02. The fourth-order valence-electron chi connectivity index (χ4n) is 2.00. The Bertz CT molecular complexity index is 569. The lowest BCUT2D eigenvalue weighted by molar-refractivity contribution is -0.137. The summed E-state index contributed by atoms with van der Waals surface area (Å²) in [7, 11) is 0. The number of alkyl halides is 4. The molecule has 0 saturated carbocycles. The summed E-state index contributed by atoms with van der Waals surface area (Å²) in [5.74, 6) is -0.658. The highest BCUT2D eigenvalue weighted by atomic mass is 79.9. The Labute approximate surface area is 141 Å². The quantitative estimate of drug-likeness (QED) is 0.482. The molecule has 0 spiro atoms. The number of ketones is 1. The van der Waals surface area contributed by atoms with Gasteiger partial charge < -0.3 is 4.90 Å². The van der Waals surface area contributed by atoms with Gasteiger partial charge in [0, 0.05) is 18.7 Å². The number of hydrogen-bond acceptors (Lipinski definition) is 2. The van der Waals surface area contributed by atoms with E-state index >= 15 is 0 Å². The van der Waals surface area contributed by atoms with Gasteiger partial charge in [0.2, 0.25) is 0 Å². The molecule has 0 amide bonds. The number of hydrogen-bond donors (Lipinski definition) is 0. The first kappa shape index (κ1) is 19.0. The Morgan fingerprint density at radius 2 is 1.91 bits per heavy atom. The van der Waals surface area contributed by atoms with Gasteiger partial charge in [0.05, 0.1) is 15.9 Å². The lowest BCUT2D eigenvalue weighted by atomic mass is 9.97. The zero-order valence-electron chi connectivity index (χ0n) is 12.2. The molecule has 0 saturated heterocycles. The fraction of sp³-hybridized carbons (Fsp3) is 0.400. The molecule has 0 radical (unpaired) electrons. The summed E-state index contributed by atoms with van der Waals surface area (Å²) in [6.45, 7) is 5.30. The number of nitrogens with zero attached hydrogens (tertiary/aromatic N) is 1. The van der Waals surface area contributed by atoms with Crippen molar-refractivity contribution in [1.29, 1.82) is 0 Å². The van der Waals surface area contributed by atoms with Crippen LogP contribution in [0.5, 0.6) is 0 Å². The first-order valence-corrected chi connectivity index (χ1v) is 8.17. The molecule has 1 aromatic rings. The first-order chi connectivity index (χ1) is 10.3. The predicted octanol–water partition coefficient (Wildman–Crippen LogP) is 5.25. The third-order valence-corrected chi connectivity index (χ3v) is 3.97. The minimum absolute atomic E-state index is 0.202. The maximum absolute atomic E-state index is 13.2. The van der Waals surface area contributed by atoms with Gasteiger partial charge in [0.15, 0.2) is 5.78 Å². The third kappa shape index (κ3) is 4.49. The second-order valence-corrected chi connectivity index (χ2v) is 5.45. The number of halogens is 5. The number of Topliss-reactive ketones (excluding diaryl/α,β-unsaturated/α-hetero) is 1. The van der Waals surface area contributed by atoms with Gasteiger partial charge in [0.25, 0.3) is 0 Å². The molecular weight excluding hydrogens is 383 g/mol. The van der Waals surface area contributed by atoms with E-state index in [0.29, 0.717) is 13.1 Å². The Morgan fingerprint density at radius 3 is 2.36 bits per heavy atom. The minimum atomic E-state index is -4.69. The Hall–Kier alpha value is -1.01. The van der Waals surface area contributed by atoms with Crippen LogP contribution in [0.2, 0.25) is 5.02 Å². The highest BCUT2D eigenvalue weighted by molar-refractivity contribution is 9.09. The monoisotopic (exact) mass is 397 g/mol. The van der Waals surface area contributed by atoms with E-state index < -0.39 is 28.1 Å². The lowest BCUT2D eigenvalue weighted by Gasteiger charge is -2.17. The van der Waals surface area contributed by atoms with Gasteiger partial charge in [0.1, 0.15) is 0 Å². The van der Waals surface area contributed by atoms with Crippen LogP contribution in [-0.2, 0) is 6.18 Å². The molecule has 0 aliphatic heterocycles. The zero-order valence-corrected chi connectivity index (χ0v) is 14.5. The van der Waals surface area contributed by atoms with Crippen LogP contribution in [0.25, 0.3) is 6.08 Å². The van der Waals surface area contributed by atoms with Crippen LogP contribution in [0, 0.1) is 0 Å². The van der Waals surface area contributed by atoms with E-state index in [0.717, 1.165) is 6.07 Å². The molecule has 7 heteroatoms. The molecule has 0 aliphatic carbocycles. The first-order valence-electron chi connectivity index (χ1n) is 6.67. The van der Waals surface area contributed by atoms with E-state index in [9.17, 15) is 18.0 Å². The maximum atomic E-state index is 13.2. The van der Waals surface area contributed by atoms with Gasteiger partial charge in [-0.25, -0.2) is 0 Å². The average molecular weight is 399 g/mol. The molecule has 0 aliphatic rings. The van der Waals surface area contributed by atoms with Gasteiger partial charge in [-0.15, -0.1) is 0 Å². The predicted molar refractivity (Wildman–Crippen MR) is 86.5 cm³/mol. The summed E-state index contributed by atoms with van der Waals surface area (Å²) in [6, 6.07) is 2.59. The van der Waals surface area contributed by atoms with Crippen LogP contribution in [0.4, 0.5) is 13.2 Å². The molecular formula is C15H16BrClF3NO. The Kier molecular flexibility index (Phi) is 6.94. The molecule has 2 nitrogen and oxygen atoms in total. The molecule has 0 fully saturated rings. The average Bonchev–Trinajstić information content (AvgIpc) is 2.47. The second-order valence-electron chi connectivity index (χ2n) is 4.48. The van der Waals surface area contributed by atoms with E-state index in [-0.39, 0.29) is 10.9 Å². The van der Waals surface area contributed by atoms with Crippen molar-refractivity contribution in [2.45, 2.75) is 20.0 Å². The van der Waals surface area contributed by atoms with Crippen molar-refractivity contribution >= 4 is 39.4 Å². The SMILES string of the molecule is CCN(C=Cc1ccc(Cl)c(C(F)(F)F)c1C(=O)CBr)CC. The van der Waals surface area contributed by atoms with E-state index in [1.807, 2.05) is 18.7 Å². The fourth-order valence-corrected chi connectivity index (χ4v) is 2.54. The van der Waals surface area contributed by atoms with Crippen LogP contribution in [-0.4, -0.2) is 29.1 Å². The molecule has 0 aromatic heterocycles. The van der Waals surface area contributed by atoms with Gasteiger partial charge >= 0.3 is 6.18 Å². The Balaban J connectivity index is 3.49. The van der Waals surface area contributed by atoms with Crippen LogP contribution in [0.3, 0.4) is 0 Å². The van der Waals surface area contributed by atoms with Crippen LogP contribution < -0.4 is 0 Å². The van der Waals surface area contributed by atoms with Crippen molar-refractivity contribution in [1.82, 2.24) is 4.90 Å². The summed E-state index contributed by atoms with van der Waals surface area (Å²) in [6.07, 6.45) is -1.51. The molecule has 122 valence electrons. The number of carbonyl (C=O) groups excluding carboxylic acids is 1. The van der Waals surface area contributed by atoms with Crippen LogP contribution >= 0.6 is 27.5 Å². The summed E-state index contributed by atoms with van der Waals surface area (Å²) >= 11 is 8.61. The van der Waals surface area contributed by atoms with Gasteiger partial charge in [-0.2, -0.15) is 13.2 Å². The van der Waals surface area contributed by atoms with Crippen molar-refractivity contribution in [2.75, 3.05) is 18.4 Å². The molecule has 1 aromatic carbocycles. The van der Waals surface area contributed by atoms with Crippen molar-refractivity contribution in [3.05, 3.63) is 40.0 Å². The number of carbonyl (C=O) groups is 1. The molecule has 0 N–H and O–H groups in total. The molecule has 1 rings (SSSR count). The van der Waals surface area contributed by atoms with Crippen LogP contribution in [0.1, 0.15) is 35.3 Å². The molecule has 22 heavy (non-hydrogen) atoms. The van der Waals surface area contributed by atoms with E-state index in [2.05, 4.69) is 15.9 Å². The van der Waals surface area contributed by atoms with Crippen molar-refractivity contribution < 1.29 is 18.0 Å². The van der Waals surface area contributed by atoms with Crippen molar-refractivity contribution in [3.8, 4) is 0 Å². The highest BCUT2D eigenvalue weighted by Crippen LogP contribution is 2.39. The molecule has 0 heterocycles. The van der Waals surface area contributed by atoms with Gasteiger partial charge in [-0.1, -0.05) is 33.6 Å². The highest BCUT2D eigenvalue weighted by Gasteiger charge is 2.38. The van der Waals surface area contributed by atoms with E-state index in [1.165, 1.54) is 12.1 Å². The standard InChI is InChI=1S/C15H16BrClF3NO/c1-3-21(4-2)8-7-10-5-6-11(17)14(15(18,19)20)13(10)12(22)9-16/h5-8H,3-4,9H2,1-2H3. The van der Waals surface area contributed by atoms with Gasteiger partial charge in [-0.05, 0) is 37.8 Å². The van der Waals surface area contributed by atoms with E-state index in [1.54, 1.807) is 6.20 Å². The van der Waals surface area contributed by atoms with E-state index in [4.69, 9.17) is 11.6 Å². The Morgan fingerprint density at radius 1 is 1.32 bits per heavy atom. The molecule has 0 atom stereocenters.